The monoisotopic (exact) mass is 326 g/mol. The molecule has 1 aliphatic rings. The number of aryl methyl sites for hydroxylation is 2. The highest BCUT2D eigenvalue weighted by Gasteiger charge is 2.25. The zero-order chi connectivity index (χ0) is 17.1. The van der Waals surface area contributed by atoms with Crippen molar-refractivity contribution < 1.29 is 9.53 Å². The van der Waals surface area contributed by atoms with Gasteiger partial charge < -0.3 is 15.0 Å². The van der Waals surface area contributed by atoms with Gasteiger partial charge in [-0.25, -0.2) is 9.97 Å². The van der Waals surface area contributed by atoms with Crippen molar-refractivity contribution >= 4 is 11.9 Å². The first-order chi connectivity index (χ1) is 11.5. The number of fused-ring (bicyclic) bond motifs is 1. The van der Waals surface area contributed by atoms with Gasteiger partial charge in [-0.15, -0.1) is 0 Å². The van der Waals surface area contributed by atoms with E-state index in [1.165, 1.54) is 0 Å². The first-order valence-corrected chi connectivity index (χ1v) is 8.07. The molecule has 24 heavy (non-hydrogen) atoms. The smallest absolute Gasteiger partial charge is 0.261 e. The van der Waals surface area contributed by atoms with Gasteiger partial charge in [0.25, 0.3) is 5.91 Å². The van der Waals surface area contributed by atoms with Gasteiger partial charge in [0, 0.05) is 19.8 Å². The Labute approximate surface area is 141 Å². The van der Waals surface area contributed by atoms with Crippen molar-refractivity contribution in [2.24, 2.45) is 0 Å². The summed E-state index contributed by atoms with van der Waals surface area (Å²) in [7, 11) is 3.79. The summed E-state index contributed by atoms with van der Waals surface area (Å²) in [5.41, 5.74) is 2.82. The molecule has 6 nitrogen and oxygen atoms in total. The van der Waals surface area contributed by atoms with Gasteiger partial charge in [0.15, 0.2) is 6.10 Å². The minimum Gasteiger partial charge on any atom is -0.480 e. The Morgan fingerprint density at radius 2 is 2.12 bits per heavy atom. The summed E-state index contributed by atoms with van der Waals surface area (Å²) in [6.07, 6.45) is 1.09. The number of benzene rings is 1. The van der Waals surface area contributed by atoms with E-state index in [2.05, 4.69) is 15.3 Å². The Morgan fingerprint density at radius 3 is 2.92 bits per heavy atom. The zero-order valence-electron chi connectivity index (χ0n) is 14.2. The number of nitrogens with one attached hydrogen (secondary N) is 1. The van der Waals surface area contributed by atoms with E-state index >= 15 is 0 Å². The fraction of sp³-hybridized carbons (Fsp3) is 0.389. The molecule has 0 saturated heterocycles. The van der Waals surface area contributed by atoms with Crippen LogP contribution in [0.15, 0.2) is 30.3 Å². The molecule has 1 amide bonds. The van der Waals surface area contributed by atoms with Crippen LogP contribution in [0.3, 0.4) is 0 Å². The van der Waals surface area contributed by atoms with Gasteiger partial charge in [-0.2, -0.15) is 0 Å². The molecule has 0 bridgehead atoms. The third-order valence-electron chi connectivity index (χ3n) is 3.95. The number of carbonyl (C=O) groups is 1. The molecule has 1 atom stereocenters. The maximum atomic E-state index is 12.4. The molecule has 1 N–H and O–H groups in total. The Morgan fingerprint density at radius 1 is 1.33 bits per heavy atom. The van der Waals surface area contributed by atoms with E-state index in [0.717, 1.165) is 29.1 Å². The lowest BCUT2D eigenvalue weighted by atomic mass is 10.0. The van der Waals surface area contributed by atoms with Crippen LogP contribution in [0.2, 0.25) is 0 Å². The normalized spacial score (nSPS) is 16.0. The van der Waals surface area contributed by atoms with Crippen molar-refractivity contribution in [3.05, 3.63) is 47.3 Å². The third-order valence-corrected chi connectivity index (χ3v) is 3.95. The van der Waals surface area contributed by atoms with Crippen LogP contribution < -0.4 is 15.0 Å². The Balaban J connectivity index is 1.62. The first kappa shape index (κ1) is 16.2. The molecule has 0 fully saturated rings. The highest BCUT2D eigenvalue weighted by atomic mass is 16.5. The van der Waals surface area contributed by atoms with Crippen LogP contribution >= 0.6 is 0 Å². The number of hydrogen-bond acceptors (Lipinski definition) is 5. The minimum absolute atomic E-state index is 0.104. The molecule has 1 aromatic carbocycles. The lowest BCUT2D eigenvalue weighted by Gasteiger charge is -2.25. The van der Waals surface area contributed by atoms with Crippen LogP contribution in [0, 0.1) is 6.92 Å². The molecule has 1 aliphatic heterocycles. The summed E-state index contributed by atoms with van der Waals surface area (Å²) in [6, 6.07) is 9.74. The number of ether oxygens (including phenoxy) is 1. The lowest BCUT2D eigenvalue weighted by molar-refractivity contribution is -0.128. The van der Waals surface area contributed by atoms with Crippen molar-refractivity contribution in [2.45, 2.75) is 32.4 Å². The van der Waals surface area contributed by atoms with E-state index in [1.807, 2.05) is 56.3 Å². The minimum atomic E-state index is -0.448. The van der Waals surface area contributed by atoms with E-state index < -0.39 is 6.10 Å². The largest absolute Gasteiger partial charge is 0.480 e. The van der Waals surface area contributed by atoms with Crippen LogP contribution in [0.25, 0.3) is 0 Å². The molecular weight excluding hydrogens is 304 g/mol. The Bertz CT molecular complexity index is 746. The van der Waals surface area contributed by atoms with E-state index in [-0.39, 0.29) is 5.91 Å². The van der Waals surface area contributed by atoms with Gasteiger partial charge in [-0.1, -0.05) is 18.2 Å². The average Bonchev–Trinajstić information content (AvgIpc) is 2.58. The fourth-order valence-electron chi connectivity index (χ4n) is 2.71. The summed E-state index contributed by atoms with van der Waals surface area (Å²) in [5.74, 6) is 1.34. The van der Waals surface area contributed by atoms with Crippen LogP contribution in [0.5, 0.6) is 5.75 Å². The molecule has 3 rings (SSSR count). The van der Waals surface area contributed by atoms with E-state index in [1.54, 1.807) is 0 Å². The van der Waals surface area contributed by atoms with Crippen LogP contribution in [0.1, 0.15) is 23.4 Å². The molecule has 0 radical (unpaired) electrons. The number of amides is 1. The van der Waals surface area contributed by atoms with Gasteiger partial charge >= 0.3 is 0 Å². The van der Waals surface area contributed by atoms with Gasteiger partial charge in [-0.3, -0.25) is 4.79 Å². The van der Waals surface area contributed by atoms with Crippen molar-refractivity contribution in [1.82, 2.24) is 15.3 Å². The topological polar surface area (TPSA) is 67.3 Å². The highest BCUT2D eigenvalue weighted by Crippen LogP contribution is 2.27. The van der Waals surface area contributed by atoms with Crippen molar-refractivity contribution in [2.75, 3.05) is 19.0 Å². The number of aromatic nitrogens is 2. The molecule has 2 aromatic rings. The number of hydrogen-bond donors (Lipinski definition) is 1. The number of carbonyl (C=O) groups excluding carboxylic acids is 1. The summed E-state index contributed by atoms with van der Waals surface area (Å²) in [4.78, 5) is 23.0. The quantitative estimate of drug-likeness (QED) is 0.929. The SMILES string of the molecule is Cc1cc(CNC(=O)C2CCc3ccccc3O2)nc(N(C)C)n1. The Hall–Kier alpha value is -2.63. The molecule has 6 heteroatoms. The first-order valence-electron chi connectivity index (χ1n) is 8.07. The molecule has 1 aromatic heterocycles. The van der Waals surface area contributed by atoms with E-state index in [0.29, 0.717) is 18.9 Å². The highest BCUT2D eigenvalue weighted by molar-refractivity contribution is 5.81. The van der Waals surface area contributed by atoms with Gasteiger partial charge in [0.2, 0.25) is 5.95 Å². The molecule has 126 valence electrons. The molecular formula is C18H22N4O2. The zero-order valence-corrected chi connectivity index (χ0v) is 14.2. The standard InChI is InChI=1S/C18H22N4O2/c1-12-10-14(21-18(20-12)22(2)3)11-19-17(23)16-9-8-13-6-4-5-7-15(13)24-16/h4-7,10,16H,8-9,11H2,1-3H3,(H,19,23). The number of nitrogens with zero attached hydrogens (tertiary/aromatic N) is 3. The molecule has 0 saturated carbocycles. The molecule has 0 spiro atoms. The van der Waals surface area contributed by atoms with Gasteiger partial charge in [0.1, 0.15) is 5.75 Å². The number of para-hydroxylation sites is 1. The average molecular weight is 326 g/mol. The molecule has 1 unspecified atom stereocenters. The number of anilines is 1. The van der Waals surface area contributed by atoms with E-state index in [4.69, 9.17) is 4.74 Å². The molecule has 0 aliphatic carbocycles. The van der Waals surface area contributed by atoms with Crippen LogP contribution in [0.4, 0.5) is 5.95 Å². The summed E-state index contributed by atoms with van der Waals surface area (Å²) in [5, 5.41) is 2.92. The second-order valence-electron chi connectivity index (χ2n) is 6.17. The third kappa shape index (κ3) is 3.64. The predicted octanol–water partition coefficient (Wildman–Crippen LogP) is 1.86. The van der Waals surface area contributed by atoms with Gasteiger partial charge in [-0.05, 0) is 37.5 Å². The maximum absolute atomic E-state index is 12.4. The fourth-order valence-corrected chi connectivity index (χ4v) is 2.71. The second kappa shape index (κ2) is 6.86. The second-order valence-corrected chi connectivity index (χ2v) is 6.17. The Kier molecular flexibility index (Phi) is 4.64. The van der Waals surface area contributed by atoms with Crippen LogP contribution in [-0.4, -0.2) is 36.1 Å². The molecule has 2 heterocycles. The maximum Gasteiger partial charge on any atom is 0.261 e. The van der Waals surface area contributed by atoms with Crippen molar-refractivity contribution in [1.29, 1.82) is 0 Å². The van der Waals surface area contributed by atoms with Gasteiger partial charge in [0.05, 0.1) is 12.2 Å². The van der Waals surface area contributed by atoms with Crippen LogP contribution in [-0.2, 0) is 17.8 Å². The summed E-state index contributed by atoms with van der Waals surface area (Å²) in [6.45, 7) is 2.28. The van der Waals surface area contributed by atoms with Crippen molar-refractivity contribution in [3.63, 3.8) is 0 Å². The predicted molar refractivity (Wildman–Crippen MR) is 92.1 cm³/mol. The summed E-state index contributed by atoms with van der Waals surface area (Å²) >= 11 is 0. The summed E-state index contributed by atoms with van der Waals surface area (Å²) < 4.78 is 5.81. The van der Waals surface area contributed by atoms with Crippen molar-refractivity contribution in [3.8, 4) is 5.75 Å². The number of rotatable bonds is 4. The van der Waals surface area contributed by atoms with E-state index in [9.17, 15) is 4.79 Å². The lowest BCUT2D eigenvalue weighted by Crippen LogP contribution is -2.40.